The van der Waals surface area contributed by atoms with Gasteiger partial charge in [0.2, 0.25) is 5.91 Å². The molecule has 0 aromatic heterocycles. The van der Waals surface area contributed by atoms with E-state index in [1.807, 2.05) is 4.90 Å². The van der Waals surface area contributed by atoms with Crippen LogP contribution in [0.15, 0.2) is 43.5 Å². The van der Waals surface area contributed by atoms with Gasteiger partial charge in [0.15, 0.2) is 0 Å². The van der Waals surface area contributed by atoms with Gasteiger partial charge in [-0.05, 0) is 18.2 Å². The van der Waals surface area contributed by atoms with Gasteiger partial charge in [-0.15, -0.1) is 13.2 Å². The van der Waals surface area contributed by atoms with Gasteiger partial charge in [0.25, 0.3) is 0 Å². The summed E-state index contributed by atoms with van der Waals surface area (Å²) in [7, 11) is 0. The second-order valence-corrected chi connectivity index (χ2v) is 5.16. The fraction of sp³-hybridized carbons (Fsp3) is 0.294. The summed E-state index contributed by atoms with van der Waals surface area (Å²) in [5.41, 5.74) is 1.09. The van der Waals surface area contributed by atoms with E-state index in [0.29, 0.717) is 18.8 Å². The number of hydrogen-bond acceptors (Lipinski definition) is 3. The van der Waals surface area contributed by atoms with Gasteiger partial charge in [-0.25, -0.2) is 4.79 Å². The van der Waals surface area contributed by atoms with Crippen LogP contribution in [-0.4, -0.2) is 30.1 Å². The lowest BCUT2D eigenvalue weighted by atomic mass is 10.1. The number of carbonyl (C=O) groups is 2. The minimum atomic E-state index is -1.09. The Bertz CT molecular complexity index is 569. The molecule has 118 valence electrons. The van der Waals surface area contributed by atoms with Crippen LogP contribution in [0.2, 0.25) is 0 Å². The molecule has 5 nitrogen and oxygen atoms in total. The fourth-order valence-corrected chi connectivity index (χ4v) is 1.89. The first kappa shape index (κ1) is 17.5. The van der Waals surface area contributed by atoms with Gasteiger partial charge in [-0.2, -0.15) is 0 Å². The molecule has 0 heterocycles. The average Bonchev–Trinajstić information content (AvgIpc) is 2.47. The number of hydrogen-bond donors (Lipinski definition) is 2. The minimum absolute atomic E-state index is 0.0598. The number of nitrogens with one attached hydrogen (secondary N) is 1. The van der Waals surface area contributed by atoms with Crippen molar-refractivity contribution in [1.29, 1.82) is 0 Å². The Morgan fingerprint density at radius 1 is 1.27 bits per heavy atom. The molecule has 0 aliphatic heterocycles. The smallest absolute Gasteiger partial charge is 0.337 e. The zero-order valence-corrected chi connectivity index (χ0v) is 13.0. The van der Waals surface area contributed by atoms with Gasteiger partial charge in [-0.3, -0.25) is 4.79 Å². The standard InChI is InChI=1S/C17H22N2O3/c1-5-9-19(10-6-2)13-7-8-15(14(11-13)17(21)22)18-16(20)12(3)4/h5-8,11-12H,1-2,9-10H2,3-4H3,(H,18,20)(H,21,22). The van der Waals surface area contributed by atoms with E-state index < -0.39 is 5.97 Å². The van der Waals surface area contributed by atoms with Crippen molar-refractivity contribution < 1.29 is 14.7 Å². The van der Waals surface area contributed by atoms with Crippen LogP contribution in [0.1, 0.15) is 24.2 Å². The van der Waals surface area contributed by atoms with Crippen LogP contribution in [-0.2, 0) is 4.79 Å². The Morgan fingerprint density at radius 2 is 1.86 bits per heavy atom. The molecule has 2 N–H and O–H groups in total. The number of nitrogens with zero attached hydrogens (tertiary/aromatic N) is 1. The van der Waals surface area contributed by atoms with Gasteiger partial charge < -0.3 is 15.3 Å². The van der Waals surface area contributed by atoms with E-state index in [0.717, 1.165) is 5.69 Å². The first-order valence-corrected chi connectivity index (χ1v) is 7.05. The highest BCUT2D eigenvalue weighted by atomic mass is 16.4. The Hall–Kier alpha value is -2.56. The van der Waals surface area contributed by atoms with E-state index in [1.54, 1.807) is 44.2 Å². The highest BCUT2D eigenvalue weighted by Gasteiger charge is 2.16. The van der Waals surface area contributed by atoms with Crippen LogP contribution in [0.3, 0.4) is 0 Å². The van der Waals surface area contributed by atoms with E-state index >= 15 is 0 Å². The van der Waals surface area contributed by atoms with Crippen molar-refractivity contribution in [1.82, 2.24) is 0 Å². The van der Waals surface area contributed by atoms with E-state index in [1.165, 1.54) is 0 Å². The summed E-state index contributed by atoms with van der Waals surface area (Å²) < 4.78 is 0. The maximum Gasteiger partial charge on any atom is 0.337 e. The van der Waals surface area contributed by atoms with Crippen LogP contribution in [0.4, 0.5) is 11.4 Å². The molecule has 22 heavy (non-hydrogen) atoms. The Labute approximate surface area is 130 Å². The van der Waals surface area contributed by atoms with Gasteiger partial charge in [-0.1, -0.05) is 26.0 Å². The molecule has 0 aliphatic carbocycles. The third-order valence-corrected chi connectivity index (χ3v) is 3.08. The lowest BCUT2D eigenvalue weighted by molar-refractivity contribution is -0.118. The monoisotopic (exact) mass is 302 g/mol. The molecule has 1 aromatic rings. The average molecular weight is 302 g/mol. The highest BCUT2D eigenvalue weighted by molar-refractivity contribution is 6.01. The molecular weight excluding hydrogens is 280 g/mol. The van der Waals surface area contributed by atoms with Crippen LogP contribution < -0.4 is 10.2 Å². The van der Waals surface area contributed by atoms with E-state index in [9.17, 15) is 14.7 Å². The molecule has 0 saturated heterocycles. The minimum Gasteiger partial charge on any atom is -0.478 e. The first-order valence-electron chi connectivity index (χ1n) is 7.05. The Kier molecular flexibility index (Phi) is 6.38. The van der Waals surface area contributed by atoms with Crippen molar-refractivity contribution in [3.63, 3.8) is 0 Å². The molecular formula is C17H22N2O3. The molecule has 1 amide bonds. The number of amides is 1. The van der Waals surface area contributed by atoms with Crippen molar-refractivity contribution >= 4 is 23.3 Å². The van der Waals surface area contributed by atoms with E-state index in [2.05, 4.69) is 18.5 Å². The Balaban J connectivity index is 3.18. The van der Waals surface area contributed by atoms with Crippen LogP contribution in [0.25, 0.3) is 0 Å². The molecule has 0 fully saturated rings. The number of benzene rings is 1. The topological polar surface area (TPSA) is 69.6 Å². The normalized spacial score (nSPS) is 10.1. The number of carbonyl (C=O) groups excluding carboxylic acids is 1. The number of anilines is 2. The predicted octanol–water partition coefficient (Wildman–Crippen LogP) is 3.16. The van der Waals surface area contributed by atoms with Crippen LogP contribution >= 0.6 is 0 Å². The van der Waals surface area contributed by atoms with Crippen molar-refractivity contribution in [2.75, 3.05) is 23.3 Å². The quantitative estimate of drug-likeness (QED) is 0.724. The van der Waals surface area contributed by atoms with Crippen molar-refractivity contribution in [3.05, 3.63) is 49.1 Å². The first-order chi connectivity index (χ1) is 10.4. The molecule has 0 saturated carbocycles. The second-order valence-electron chi connectivity index (χ2n) is 5.16. The summed E-state index contributed by atoms with van der Waals surface area (Å²) >= 11 is 0. The van der Waals surface area contributed by atoms with Crippen molar-refractivity contribution in [3.8, 4) is 0 Å². The summed E-state index contributed by atoms with van der Waals surface area (Å²) in [4.78, 5) is 25.2. The lowest BCUT2D eigenvalue weighted by Gasteiger charge is -2.23. The van der Waals surface area contributed by atoms with E-state index in [-0.39, 0.29) is 17.4 Å². The van der Waals surface area contributed by atoms with Gasteiger partial charge in [0.05, 0.1) is 11.3 Å². The number of rotatable bonds is 8. The van der Waals surface area contributed by atoms with Gasteiger partial charge >= 0.3 is 5.97 Å². The molecule has 1 rings (SSSR count). The zero-order chi connectivity index (χ0) is 16.7. The maximum atomic E-state index is 11.8. The second kappa shape index (κ2) is 8.02. The largest absolute Gasteiger partial charge is 0.478 e. The number of carboxylic acids is 1. The molecule has 0 atom stereocenters. The van der Waals surface area contributed by atoms with Gasteiger partial charge in [0, 0.05) is 24.7 Å². The van der Waals surface area contributed by atoms with Crippen LogP contribution in [0.5, 0.6) is 0 Å². The number of carboxylic acid groups (broad SMARTS) is 1. The predicted molar refractivity (Wildman–Crippen MR) is 89.5 cm³/mol. The third kappa shape index (κ3) is 4.48. The molecule has 5 heteroatoms. The summed E-state index contributed by atoms with van der Waals surface area (Å²) in [5, 5.41) is 12.0. The Morgan fingerprint density at radius 3 is 2.32 bits per heavy atom. The molecule has 0 bridgehead atoms. The molecule has 0 radical (unpaired) electrons. The van der Waals surface area contributed by atoms with E-state index in [4.69, 9.17) is 0 Å². The fourth-order valence-electron chi connectivity index (χ4n) is 1.89. The van der Waals surface area contributed by atoms with Crippen LogP contribution in [0, 0.1) is 5.92 Å². The number of aromatic carboxylic acids is 1. The highest BCUT2D eigenvalue weighted by Crippen LogP contribution is 2.24. The van der Waals surface area contributed by atoms with Crippen molar-refractivity contribution in [2.24, 2.45) is 5.92 Å². The maximum absolute atomic E-state index is 11.8. The molecule has 1 aromatic carbocycles. The molecule has 0 spiro atoms. The lowest BCUT2D eigenvalue weighted by Crippen LogP contribution is -2.24. The summed E-state index contributed by atoms with van der Waals surface area (Å²) in [6, 6.07) is 4.93. The SMILES string of the molecule is C=CCN(CC=C)c1ccc(NC(=O)C(C)C)c(C(=O)O)c1. The van der Waals surface area contributed by atoms with Gasteiger partial charge in [0.1, 0.15) is 0 Å². The third-order valence-electron chi connectivity index (χ3n) is 3.08. The molecule has 0 unspecified atom stereocenters. The molecule has 0 aliphatic rings. The zero-order valence-electron chi connectivity index (χ0n) is 13.0. The summed E-state index contributed by atoms with van der Waals surface area (Å²) in [6.07, 6.45) is 3.47. The summed E-state index contributed by atoms with van der Waals surface area (Å²) in [6.45, 7) is 12.0. The van der Waals surface area contributed by atoms with Crippen molar-refractivity contribution in [2.45, 2.75) is 13.8 Å². The summed E-state index contributed by atoms with van der Waals surface area (Å²) in [5.74, 6) is -1.53.